The molecule has 0 aliphatic rings. The normalized spacial score (nSPS) is 10.3. The summed E-state index contributed by atoms with van der Waals surface area (Å²) < 4.78 is 0. The first-order valence-electron chi connectivity index (χ1n) is 7.27. The number of hydrogen-bond donors (Lipinski definition) is 1. The summed E-state index contributed by atoms with van der Waals surface area (Å²) in [4.78, 5) is 14.6. The van der Waals surface area contributed by atoms with E-state index < -0.39 is 0 Å². The minimum atomic E-state index is -0.125. The molecule has 0 atom stereocenters. The van der Waals surface area contributed by atoms with E-state index in [-0.39, 0.29) is 32.0 Å². The third-order valence-corrected chi connectivity index (χ3v) is 3.00. The average Bonchev–Trinajstić information content (AvgIpc) is 2.54. The number of ketones is 1. The van der Waals surface area contributed by atoms with Crippen LogP contribution < -0.4 is 0 Å². The number of rotatable bonds is 2. The van der Waals surface area contributed by atoms with Gasteiger partial charge >= 0.3 is 0 Å². The Hall–Kier alpha value is -2.28. The van der Waals surface area contributed by atoms with E-state index >= 15 is 0 Å². The van der Waals surface area contributed by atoms with E-state index in [1.807, 2.05) is 48.5 Å². The van der Waals surface area contributed by atoms with Gasteiger partial charge in [-0.1, -0.05) is 30.3 Å². The molecule has 0 unspecified atom stereocenters. The maximum Gasteiger partial charge on any atom is 0.155 e. The number of fused-ring (bicyclic) bond motifs is 1. The minimum Gasteiger partial charge on any atom is -0.512 e. The quantitative estimate of drug-likeness (QED) is 0.287. The Kier molecular flexibility index (Phi) is 8.05. The Bertz CT molecular complexity index is 825. The van der Waals surface area contributed by atoms with Gasteiger partial charge in [-0.15, -0.1) is 35.9 Å². The topological polar surface area (TPSA) is 50.2 Å². The van der Waals surface area contributed by atoms with Crippen LogP contribution in [-0.2, 0) is 25.2 Å². The third-order valence-electron chi connectivity index (χ3n) is 3.00. The van der Waals surface area contributed by atoms with Gasteiger partial charge in [0.25, 0.3) is 0 Å². The van der Waals surface area contributed by atoms with Crippen molar-refractivity contribution >= 4 is 16.7 Å². The molecule has 3 aromatic rings. The van der Waals surface area contributed by atoms with Crippen LogP contribution in [0.5, 0.6) is 0 Å². The molecule has 3 nitrogen and oxygen atoms in total. The van der Waals surface area contributed by atoms with Crippen molar-refractivity contribution in [3.05, 3.63) is 78.6 Å². The van der Waals surface area contributed by atoms with E-state index in [9.17, 15) is 4.79 Å². The van der Waals surface area contributed by atoms with Crippen molar-refractivity contribution in [1.82, 2.24) is 4.98 Å². The Morgan fingerprint density at radius 3 is 2.33 bits per heavy atom. The molecule has 1 heterocycles. The molecule has 0 radical (unpaired) electrons. The molecule has 2 aromatic carbocycles. The van der Waals surface area contributed by atoms with E-state index in [1.165, 1.54) is 25.3 Å². The van der Waals surface area contributed by atoms with Crippen molar-refractivity contribution in [1.29, 1.82) is 0 Å². The van der Waals surface area contributed by atoms with Gasteiger partial charge in [0.05, 0.1) is 11.3 Å². The van der Waals surface area contributed by atoms with Crippen LogP contribution >= 0.6 is 0 Å². The zero-order valence-electron chi connectivity index (χ0n) is 13.5. The molecular formula is C20H18NO2Pd-. The average molecular weight is 411 g/mol. The van der Waals surface area contributed by atoms with Gasteiger partial charge in [-0.2, -0.15) is 0 Å². The third kappa shape index (κ3) is 6.08. The fraction of sp³-hybridized carbons (Fsp3) is 0.100. The summed E-state index contributed by atoms with van der Waals surface area (Å²) in [7, 11) is 0. The second kappa shape index (κ2) is 9.77. The van der Waals surface area contributed by atoms with Gasteiger partial charge in [0.2, 0.25) is 0 Å². The second-order valence-corrected chi connectivity index (χ2v) is 5.06. The molecule has 0 aliphatic carbocycles. The van der Waals surface area contributed by atoms with E-state index in [4.69, 9.17) is 5.11 Å². The number of aliphatic hydroxyl groups is 1. The van der Waals surface area contributed by atoms with Crippen LogP contribution in [0.3, 0.4) is 0 Å². The predicted octanol–water partition coefficient (Wildman–Crippen LogP) is 4.74. The Morgan fingerprint density at radius 1 is 1.04 bits per heavy atom. The summed E-state index contributed by atoms with van der Waals surface area (Å²) in [6.45, 7) is 2.85. The summed E-state index contributed by atoms with van der Waals surface area (Å²) >= 11 is 0. The van der Waals surface area contributed by atoms with E-state index in [2.05, 4.69) is 23.2 Å². The van der Waals surface area contributed by atoms with Crippen LogP contribution in [0, 0.1) is 6.07 Å². The maximum absolute atomic E-state index is 10.0. The number of aliphatic hydroxyl groups excluding tert-OH is 1. The zero-order chi connectivity index (χ0) is 16.7. The maximum atomic E-state index is 10.0. The van der Waals surface area contributed by atoms with Crippen molar-refractivity contribution in [2.45, 2.75) is 13.8 Å². The van der Waals surface area contributed by atoms with Crippen LogP contribution in [0.2, 0.25) is 0 Å². The number of aromatic nitrogens is 1. The Morgan fingerprint density at radius 2 is 1.75 bits per heavy atom. The van der Waals surface area contributed by atoms with Crippen LogP contribution in [0.15, 0.2) is 72.5 Å². The molecule has 0 saturated carbocycles. The molecule has 126 valence electrons. The standard InChI is InChI=1S/C15H10N.C5H8O2.Pd/c1-2-6-12(7-3-1)15-11-10-13-8-4-5-9-14(13)16-15;1-4(6)3-5(2)7;/h1-6,8-11H;3,6H,1-2H3;/q-1;;/b;4-3-;. The molecule has 24 heavy (non-hydrogen) atoms. The van der Waals surface area contributed by atoms with Gasteiger partial charge < -0.3 is 5.11 Å². The first kappa shape index (κ1) is 19.8. The summed E-state index contributed by atoms with van der Waals surface area (Å²) in [6, 6.07) is 23.4. The van der Waals surface area contributed by atoms with Gasteiger partial charge in [-0.3, -0.25) is 9.78 Å². The van der Waals surface area contributed by atoms with Gasteiger partial charge in [0, 0.05) is 26.5 Å². The SMILES string of the molecule is CC(=O)/C=C(/C)O.[Pd].[c-]1ccccc1-c1ccc2ccccc2n1. The van der Waals surface area contributed by atoms with Gasteiger partial charge in [-0.05, 0) is 31.0 Å². The number of carbonyl (C=O) groups is 1. The van der Waals surface area contributed by atoms with Crippen LogP contribution in [0.4, 0.5) is 0 Å². The van der Waals surface area contributed by atoms with Gasteiger partial charge in [0.15, 0.2) is 5.78 Å². The van der Waals surface area contributed by atoms with Crippen LogP contribution in [0.25, 0.3) is 22.2 Å². The molecule has 0 aliphatic heterocycles. The molecule has 0 saturated heterocycles. The van der Waals surface area contributed by atoms with Crippen LogP contribution in [-0.4, -0.2) is 15.9 Å². The predicted molar refractivity (Wildman–Crippen MR) is 93.1 cm³/mol. The molecule has 4 heteroatoms. The first-order chi connectivity index (χ1) is 11.1. The van der Waals surface area contributed by atoms with Crippen molar-refractivity contribution in [3.63, 3.8) is 0 Å². The number of para-hydroxylation sites is 1. The van der Waals surface area contributed by atoms with Gasteiger partial charge in [-0.25, -0.2) is 0 Å². The van der Waals surface area contributed by atoms with Gasteiger partial charge in [0.1, 0.15) is 0 Å². The number of allylic oxidation sites excluding steroid dienone is 2. The summed E-state index contributed by atoms with van der Waals surface area (Å²) in [5.41, 5.74) is 3.03. The number of hydrogen-bond acceptors (Lipinski definition) is 3. The number of nitrogens with zero attached hydrogens (tertiary/aromatic N) is 1. The van der Waals surface area contributed by atoms with Crippen LogP contribution in [0.1, 0.15) is 13.8 Å². The van der Waals surface area contributed by atoms with E-state index in [0.29, 0.717) is 0 Å². The Balaban J connectivity index is 0.000000312. The number of carbonyl (C=O) groups excluding carboxylic acids is 1. The molecule has 3 rings (SSSR count). The fourth-order valence-electron chi connectivity index (χ4n) is 2.06. The second-order valence-electron chi connectivity index (χ2n) is 5.06. The van der Waals surface area contributed by atoms with Crippen molar-refractivity contribution in [3.8, 4) is 11.3 Å². The smallest absolute Gasteiger partial charge is 0.155 e. The van der Waals surface area contributed by atoms with Crippen molar-refractivity contribution < 1.29 is 30.3 Å². The monoisotopic (exact) mass is 410 g/mol. The zero-order valence-corrected chi connectivity index (χ0v) is 15.0. The molecule has 0 bridgehead atoms. The summed E-state index contributed by atoms with van der Waals surface area (Å²) in [5.74, 6) is -0.0625. The Labute approximate surface area is 155 Å². The molecule has 0 spiro atoms. The summed E-state index contributed by atoms with van der Waals surface area (Å²) in [6.07, 6.45) is 1.17. The molecule has 1 N–H and O–H groups in total. The van der Waals surface area contributed by atoms with Crippen molar-refractivity contribution in [2.75, 3.05) is 0 Å². The van der Waals surface area contributed by atoms with E-state index in [0.717, 1.165) is 16.8 Å². The summed E-state index contributed by atoms with van der Waals surface area (Å²) in [5, 5.41) is 9.53. The number of pyridine rings is 1. The largest absolute Gasteiger partial charge is 0.512 e. The molecule has 0 amide bonds. The fourth-order valence-corrected chi connectivity index (χ4v) is 2.06. The molecule has 1 aromatic heterocycles. The van der Waals surface area contributed by atoms with E-state index in [1.54, 1.807) is 0 Å². The number of benzene rings is 2. The molecule has 0 fully saturated rings. The molecular weight excluding hydrogens is 393 g/mol. The van der Waals surface area contributed by atoms with Crippen molar-refractivity contribution in [2.24, 2.45) is 0 Å². The minimum absolute atomic E-state index is 0. The first-order valence-corrected chi connectivity index (χ1v) is 7.27.